The van der Waals surface area contributed by atoms with E-state index in [0.29, 0.717) is 24.3 Å². The van der Waals surface area contributed by atoms with Gasteiger partial charge in [-0.2, -0.15) is 5.10 Å². The third-order valence-electron chi connectivity index (χ3n) is 3.75. The van der Waals surface area contributed by atoms with E-state index in [1.54, 1.807) is 12.1 Å². The molecule has 2 aromatic rings. The Balaban J connectivity index is 2.31. The van der Waals surface area contributed by atoms with Crippen LogP contribution in [-0.4, -0.2) is 14.8 Å². The normalized spacial score (nSPS) is 14.4. The van der Waals surface area contributed by atoms with Gasteiger partial charge in [-0.25, -0.2) is 14.1 Å². The number of benzene rings is 1. The summed E-state index contributed by atoms with van der Waals surface area (Å²) in [6, 6.07) is 6.69. The molecule has 0 radical (unpaired) electrons. The molecule has 0 saturated carbocycles. The minimum absolute atomic E-state index is 0.267. The molecule has 0 fully saturated rings. The molecule has 0 aliphatic carbocycles. The van der Waals surface area contributed by atoms with Crippen molar-refractivity contribution in [3.8, 4) is 0 Å². The van der Waals surface area contributed by atoms with Gasteiger partial charge in [0.15, 0.2) is 0 Å². The van der Waals surface area contributed by atoms with Crippen LogP contribution in [-0.2, 0) is 18.5 Å². The Morgan fingerprint density at radius 3 is 2.67 bits per heavy atom. The van der Waals surface area contributed by atoms with E-state index < -0.39 is 5.54 Å². The molecule has 1 aromatic heterocycles. The average Bonchev–Trinajstić information content (AvgIpc) is 2.85. The molecule has 2 rings (SSSR count). The highest BCUT2D eigenvalue weighted by atomic mass is 19.1. The van der Waals surface area contributed by atoms with Gasteiger partial charge in [-0.1, -0.05) is 39.0 Å². The van der Waals surface area contributed by atoms with E-state index >= 15 is 0 Å². The van der Waals surface area contributed by atoms with Crippen molar-refractivity contribution in [1.29, 1.82) is 0 Å². The summed E-state index contributed by atoms with van der Waals surface area (Å²) < 4.78 is 16.0. The lowest BCUT2D eigenvalue weighted by Gasteiger charge is -2.29. The van der Waals surface area contributed by atoms with Gasteiger partial charge in [-0.15, -0.1) is 0 Å². The van der Waals surface area contributed by atoms with Crippen LogP contribution in [0, 0.1) is 11.7 Å². The molecule has 1 unspecified atom stereocenters. The Bertz CT molecular complexity index is 593. The quantitative estimate of drug-likeness (QED) is 0.890. The van der Waals surface area contributed by atoms with E-state index in [1.807, 2.05) is 17.7 Å². The summed E-state index contributed by atoms with van der Waals surface area (Å²) in [5.74, 6) is 1.00. The Hall–Kier alpha value is -1.75. The van der Waals surface area contributed by atoms with Crippen LogP contribution in [0.3, 0.4) is 0 Å². The summed E-state index contributed by atoms with van der Waals surface area (Å²) >= 11 is 0. The first-order valence-corrected chi connectivity index (χ1v) is 7.37. The molecule has 0 aliphatic rings. The number of nitrogens with two attached hydrogens (primary N) is 1. The monoisotopic (exact) mass is 290 g/mol. The third-order valence-corrected chi connectivity index (χ3v) is 3.75. The highest BCUT2D eigenvalue weighted by Crippen LogP contribution is 2.28. The first kappa shape index (κ1) is 15.6. The highest BCUT2D eigenvalue weighted by Gasteiger charge is 2.30. The SMILES string of the molecule is CCC(N)(Cc1ncnn1CC(C)C)c1ccccc1F. The van der Waals surface area contributed by atoms with E-state index in [0.717, 1.165) is 12.4 Å². The van der Waals surface area contributed by atoms with Gasteiger partial charge in [0.1, 0.15) is 18.0 Å². The van der Waals surface area contributed by atoms with E-state index in [-0.39, 0.29) is 5.82 Å². The summed E-state index contributed by atoms with van der Waals surface area (Å²) in [5, 5.41) is 4.25. The van der Waals surface area contributed by atoms with Crippen LogP contribution in [0.15, 0.2) is 30.6 Å². The van der Waals surface area contributed by atoms with E-state index in [2.05, 4.69) is 23.9 Å². The van der Waals surface area contributed by atoms with Crippen molar-refractivity contribution in [3.63, 3.8) is 0 Å². The van der Waals surface area contributed by atoms with Crippen LogP contribution in [0.25, 0.3) is 0 Å². The maximum Gasteiger partial charge on any atom is 0.138 e. The van der Waals surface area contributed by atoms with Crippen LogP contribution in [0.4, 0.5) is 4.39 Å². The first-order chi connectivity index (χ1) is 9.96. The van der Waals surface area contributed by atoms with Gasteiger partial charge in [0.25, 0.3) is 0 Å². The number of hydrogen-bond donors (Lipinski definition) is 1. The molecule has 1 heterocycles. The first-order valence-electron chi connectivity index (χ1n) is 7.37. The Morgan fingerprint density at radius 1 is 1.33 bits per heavy atom. The number of rotatable bonds is 6. The van der Waals surface area contributed by atoms with E-state index in [1.165, 1.54) is 12.4 Å². The zero-order chi connectivity index (χ0) is 15.5. The lowest BCUT2D eigenvalue weighted by Crippen LogP contribution is -2.40. The molecule has 0 spiro atoms. The van der Waals surface area contributed by atoms with Gasteiger partial charge < -0.3 is 5.73 Å². The average molecular weight is 290 g/mol. The van der Waals surface area contributed by atoms with Crippen molar-refractivity contribution in [3.05, 3.63) is 47.8 Å². The van der Waals surface area contributed by atoms with Gasteiger partial charge in [-0.05, 0) is 18.4 Å². The largest absolute Gasteiger partial charge is 0.321 e. The summed E-state index contributed by atoms with van der Waals surface area (Å²) in [5.41, 5.74) is 6.25. The van der Waals surface area contributed by atoms with Gasteiger partial charge in [0, 0.05) is 18.5 Å². The minimum Gasteiger partial charge on any atom is -0.321 e. The van der Waals surface area contributed by atoms with Crippen LogP contribution in [0.1, 0.15) is 38.6 Å². The molecule has 21 heavy (non-hydrogen) atoms. The number of hydrogen-bond acceptors (Lipinski definition) is 3. The zero-order valence-corrected chi connectivity index (χ0v) is 12.9. The highest BCUT2D eigenvalue weighted by molar-refractivity contribution is 5.27. The molecule has 114 valence electrons. The maximum absolute atomic E-state index is 14.1. The summed E-state index contributed by atoms with van der Waals surface area (Å²) in [7, 11) is 0. The Labute approximate surface area is 125 Å². The second kappa shape index (κ2) is 6.35. The number of aromatic nitrogens is 3. The van der Waals surface area contributed by atoms with Crippen molar-refractivity contribution < 1.29 is 4.39 Å². The van der Waals surface area contributed by atoms with E-state index in [9.17, 15) is 4.39 Å². The van der Waals surface area contributed by atoms with Crippen LogP contribution >= 0.6 is 0 Å². The molecule has 0 saturated heterocycles. The summed E-state index contributed by atoms with van der Waals surface area (Å²) in [6.45, 7) is 7.00. The molecule has 5 heteroatoms. The molecular formula is C16H23FN4. The van der Waals surface area contributed by atoms with Crippen LogP contribution in [0.2, 0.25) is 0 Å². The molecule has 4 nitrogen and oxygen atoms in total. The molecule has 2 N–H and O–H groups in total. The topological polar surface area (TPSA) is 56.7 Å². The minimum atomic E-state index is -0.771. The molecular weight excluding hydrogens is 267 g/mol. The molecule has 0 amide bonds. The van der Waals surface area contributed by atoms with Crippen LogP contribution in [0.5, 0.6) is 0 Å². The van der Waals surface area contributed by atoms with Gasteiger partial charge >= 0.3 is 0 Å². The number of halogens is 1. The molecule has 1 atom stereocenters. The van der Waals surface area contributed by atoms with Crippen molar-refractivity contribution in [2.45, 2.75) is 45.7 Å². The Kier molecular flexibility index (Phi) is 4.73. The fourth-order valence-electron chi connectivity index (χ4n) is 2.48. The fraction of sp³-hybridized carbons (Fsp3) is 0.500. The molecule has 0 aliphatic heterocycles. The van der Waals surface area contributed by atoms with Gasteiger partial charge in [0.2, 0.25) is 0 Å². The van der Waals surface area contributed by atoms with Crippen molar-refractivity contribution in [2.75, 3.05) is 0 Å². The lowest BCUT2D eigenvalue weighted by atomic mass is 9.84. The van der Waals surface area contributed by atoms with E-state index in [4.69, 9.17) is 5.73 Å². The van der Waals surface area contributed by atoms with Crippen molar-refractivity contribution in [1.82, 2.24) is 14.8 Å². The molecule has 1 aromatic carbocycles. The summed E-state index contributed by atoms with van der Waals surface area (Å²) in [4.78, 5) is 4.31. The Morgan fingerprint density at radius 2 is 2.05 bits per heavy atom. The fourth-order valence-corrected chi connectivity index (χ4v) is 2.48. The smallest absolute Gasteiger partial charge is 0.138 e. The van der Waals surface area contributed by atoms with Crippen molar-refractivity contribution in [2.24, 2.45) is 11.7 Å². The zero-order valence-electron chi connectivity index (χ0n) is 12.9. The van der Waals surface area contributed by atoms with Gasteiger partial charge in [-0.3, -0.25) is 0 Å². The maximum atomic E-state index is 14.1. The molecule has 0 bridgehead atoms. The third kappa shape index (κ3) is 3.47. The predicted molar refractivity (Wildman–Crippen MR) is 81.1 cm³/mol. The summed E-state index contributed by atoms with van der Waals surface area (Å²) in [6.07, 6.45) is 2.63. The number of nitrogens with zero attached hydrogens (tertiary/aromatic N) is 3. The second-order valence-corrected chi connectivity index (χ2v) is 5.92. The second-order valence-electron chi connectivity index (χ2n) is 5.92. The standard InChI is InChI=1S/C16H23FN4/c1-4-16(18,13-7-5-6-8-14(13)17)9-15-19-11-20-21(15)10-12(2)3/h5-8,11-12H,4,9-10,18H2,1-3H3. The van der Waals surface area contributed by atoms with Crippen LogP contribution < -0.4 is 5.73 Å². The lowest BCUT2D eigenvalue weighted by molar-refractivity contribution is 0.374. The van der Waals surface area contributed by atoms with Gasteiger partial charge in [0.05, 0.1) is 5.54 Å². The van der Waals surface area contributed by atoms with Crippen molar-refractivity contribution >= 4 is 0 Å². The predicted octanol–water partition coefficient (Wildman–Crippen LogP) is 2.88.